The highest BCUT2D eigenvalue weighted by Gasteiger charge is 2.40. The number of carbonyl (C=O) groups is 2. The van der Waals surface area contributed by atoms with E-state index in [4.69, 9.17) is 0 Å². The van der Waals surface area contributed by atoms with Crippen LogP contribution >= 0.6 is 0 Å². The highest BCUT2D eigenvalue weighted by Crippen LogP contribution is 2.33. The first-order valence-corrected chi connectivity index (χ1v) is 6.65. The normalized spacial score (nSPS) is 18.6. The summed E-state index contributed by atoms with van der Waals surface area (Å²) in [5.74, 6) is -0.623. The van der Waals surface area contributed by atoms with Crippen LogP contribution < -0.4 is 4.90 Å². The van der Waals surface area contributed by atoms with Gasteiger partial charge in [-0.2, -0.15) is 0 Å². The van der Waals surface area contributed by atoms with Gasteiger partial charge in [-0.25, -0.2) is 0 Å². The van der Waals surface area contributed by atoms with Crippen molar-refractivity contribution in [2.75, 3.05) is 4.90 Å². The number of anilines is 1. The fraction of sp³-hybridized carbons (Fsp3) is 0.176. The quantitative estimate of drug-likeness (QED) is 0.783. The number of aryl methyl sites for hydroxylation is 1. The molecular formula is C17H15NO2. The Labute approximate surface area is 117 Å². The Hall–Kier alpha value is -2.42. The Morgan fingerprint density at radius 3 is 2.45 bits per heavy atom. The fourth-order valence-electron chi connectivity index (χ4n) is 2.63. The van der Waals surface area contributed by atoms with Gasteiger partial charge in [-0.1, -0.05) is 48.0 Å². The van der Waals surface area contributed by atoms with Gasteiger partial charge in [0.15, 0.2) is 0 Å². The molecule has 0 saturated carbocycles. The van der Waals surface area contributed by atoms with Crippen LogP contribution in [0.5, 0.6) is 0 Å². The van der Waals surface area contributed by atoms with Gasteiger partial charge in [0, 0.05) is 6.42 Å². The van der Waals surface area contributed by atoms with Gasteiger partial charge in [-0.05, 0) is 24.6 Å². The van der Waals surface area contributed by atoms with Crippen LogP contribution in [-0.2, 0) is 9.59 Å². The first-order chi connectivity index (χ1) is 9.66. The van der Waals surface area contributed by atoms with E-state index in [-0.39, 0.29) is 24.2 Å². The van der Waals surface area contributed by atoms with Crippen molar-refractivity contribution in [3.05, 3.63) is 65.7 Å². The van der Waals surface area contributed by atoms with Crippen molar-refractivity contribution in [1.82, 2.24) is 0 Å². The van der Waals surface area contributed by atoms with Gasteiger partial charge >= 0.3 is 0 Å². The number of carbonyl (C=O) groups excluding carboxylic acids is 2. The van der Waals surface area contributed by atoms with E-state index in [1.165, 1.54) is 4.90 Å². The molecule has 2 amide bonds. The van der Waals surface area contributed by atoms with Crippen molar-refractivity contribution < 1.29 is 9.59 Å². The smallest absolute Gasteiger partial charge is 0.241 e. The Morgan fingerprint density at radius 2 is 1.75 bits per heavy atom. The number of imide groups is 1. The highest BCUT2D eigenvalue weighted by atomic mass is 16.2. The Bertz CT molecular complexity index is 664. The first kappa shape index (κ1) is 12.6. The zero-order chi connectivity index (χ0) is 14.1. The topological polar surface area (TPSA) is 37.4 Å². The predicted molar refractivity (Wildman–Crippen MR) is 77.5 cm³/mol. The van der Waals surface area contributed by atoms with Gasteiger partial charge in [0.1, 0.15) is 0 Å². The molecule has 0 aliphatic carbocycles. The molecular weight excluding hydrogens is 250 g/mol. The van der Waals surface area contributed by atoms with Crippen LogP contribution in [0.4, 0.5) is 5.69 Å². The molecule has 20 heavy (non-hydrogen) atoms. The molecule has 0 radical (unpaired) electrons. The maximum Gasteiger partial charge on any atom is 0.241 e. The van der Waals surface area contributed by atoms with Crippen molar-refractivity contribution >= 4 is 17.5 Å². The zero-order valence-corrected chi connectivity index (χ0v) is 11.2. The average molecular weight is 265 g/mol. The number of hydrogen-bond acceptors (Lipinski definition) is 2. The Kier molecular flexibility index (Phi) is 3.11. The van der Waals surface area contributed by atoms with E-state index in [2.05, 4.69) is 0 Å². The van der Waals surface area contributed by atoms with Crippen LogP contribution in [0.2, 0.25) is 0 Å². The van der Waals surface area contributed by atoms with Crippen molar-refractivity contribution in [1.29, 1.82) is 0 Å². The van der Waals surface area contributed by atoms with Crippen molar-refractivity contribution in [3.63, 3.8) is 0 Å². The molecule has 1 unspecified atom stereocenters. The van der Waals surface area contributed by atoms with Crippen molar-refractivity contribution in [2.45, 2.75) is 19.3 Å². The van der Waals surface area contributed by atoms with E-state index >= 15 is 0 Å². The molecule has 2 aromatic carbocycles. The number of para-hydroxylation sites is 1. The van der Waals surface area contributed by atoms with Crippen LogP contribution in [0.15, 0.2) is 54.6 Å². The monoisotopic (exact) mass is 265 g/mol. The number of rotatable bonds is 2. The number of nitrogens with zero attached hydrogens (tertiary/aromatic N) is 1. The molecule has 1 fully saturated rings. The fourth-order valence-corrected chi connectivity index (χ4v) is 2.63. The summed E-state index contributed by atoms with van der Waals surface area (Å²) in [7, 11) is 0. The van der Waals surface area contributed by atoms with Gasteiger partial charge in [-0.15, -0.1) is 0 Å². The summed E-state index contributed by atoms with van der Waals surface area (Å²) in [5.41, 5.74) is 2.67. The zero-order valence-electron chi connectivity index (χ0n) is 11.2. The molecule has 0 aromatic heterocycles. The molecule has 3 heteroatoms. The molecule has 3 rings (SSSR count). The minimum Gasteiger partial charge on any atom is -0.274 e. The SMILES string of the molecule is Cc1cccc(C2CC(=O)N(c3ccccc3)C2=O)c1. The van der Waals surface area contributed by atoms with Crippen LogP contribution in [0.25, 0.3) is 0 Å². The second-order valence-corrected chi connectivity index (χ2v) is 5.07. The third kappa shape index (κ3) is 2.11. The second kappa shape index (κ2) is 4.93. The highest BCUT2D eigenvalue weighted by molar-refractivity contribution is 6.22. The number of amides is 2. The molecule has 3 nitrogen and oxygen atoms in total. The lowest BCUT2D eigenvalue weighted by atomic mass is 9.96. The summed E-state index contributed by atoms with van der Waals surface area (Å²) in [4.78, 5) is 26.0. The second-order valence-electron chi connectivity index (χ2n) is 5.07. The summed E-state index contributed by atoms with van der Waals surface area (Å²) < 4.78 is 0. The Balaban J connectivity index is 1.95. The van der Waals surface area contributed by atoms with Crippen molar-refractivity contribution in [2.24, 2.45) is 0 Å². The Morgan fingerprint density at radius 1 is 1.00 bits per heavy atom. The predicted octanol–water partition coefficient (Wildman–Crippen LogP) is 3.04. The van der Waals surface area contributed by atoms with Gasteiger partial charge < -0.3 is 0 Å². The molecule has 0 spiro atoms. The maximum atomic E-state index is 12.5. The lowest BCUT2D eigenvalue weighted by molar-refractivity contribution is -0.121. The van der Waals surface area contributed by atoms with Crippen LogP contribution in [0.1, 0.15) is 23.5 Å². The van der Waals surface area contributed by atoms with E-state index in [1.54, 1.807) is 12.1 Å². The van der Waals surface area contributed by atoms with Crippen molar-refractivity contribution in [3.8, 4) is 0 Å². The van der Waals surface area contributed by atoms with E-state index < -0.39 is 0 Å². The minimum atomic E-state index is -0.359. The standard InChI is InChI=1S/C17H15NO2/c1-12-6-5-7-13(10-12)15-11-16(19)18(17(15)20)14-8-3-2-4-9-14/h2-10,15H,11H2,1H3. The number of benzene rings is 2. The summed E-state index contributed by atoms with van der Waals surface area (Å²) in [6, 6.07) is 16.9. The summed E-state index contributed by atoms with van der Waals surface area (Å²) in [6.07, 6.45) is 0.247. The van der Waals surface area contributed by atoms with E-state index in [0.29, 0.717) is 5.69 Å². The van der Waals surface area contributed by atoms with E-state index in [0.717, 1.165) is 11.1 Å². The summed E-state index contributed by atoms with van der Waals surface area (Å²) >= 11 is 0. The van der Waals surface area contributed by atoms with Gasteiger partial charge in [0.25, 0.3) is 0 Å². The summed E-state index contributed by atoms with van der Waals surface area (Å²) in [6.45, 7) is 1.99. The molecule has 100 valence electrons. The molecule has 2 aromatic rings. The molecule has 1 aliphatic rings. The van der Waals surface area contributed by atoms with Gasteiger partial charge in [0.05, 0.1) is 11.6 Å². The average Bonchev–Trinajstić information content (AvgIpc) is 2.75. The maximum absolute atomic E-state index is 12.5. The largest absolute Gasteiger partial charge is 0.274 e. The van der Waals surface area contributed by atoms with Crippen LogP contribution in [0.3, 0.4) is 0 Å². The lowest BCUT2D eigenvalue weighted by Gasteiger charge is -2.15. The molecule has 1 aliphatic heterocycles. The minimum absolute atomic E-state index is 0.132. The van der Waals surface area contributed by atoms with Crippen LogP contribution in [-0.4, -0.2) is 11.8 Å². The van der Waals surface area contributed by atoms with Gasteiger partial charge in [0.2, 0.25) is 11.8 Å². The first-order valence-electron chi connectivity index (χ1n) is 6.65. The molecule has 1 atom stereocenters. The third-order valence-corrected chi connectivity index (χ3v) is 3.61. The molecule has 1 heterocycles. The number of hydrogen-bond donors (Lipinski definition) is 0. The van der Waals surface area contributed by atoms with Crippen LogP contribution in [0, 0.1) is 6.92 Å². The third-order valence-electron chi connectivity index (χ3n) is 3.61. The molecule has 1 saturated heterocycles. The van der Waals surface area contributed by atoms with E-state index in [9.17, 15) is 9.59 Å². The summed E-state index contributed by atoms with van der Waals surface area (Å²) in [5, 5.41) is 0. The molecule has 0 bridgehead atoms. The molecule has 0 N–H and O–H groups in total. The van der Waals surface area contributed by atoms with E-state index in [1.807, 2.05) is 49.4 Å². The van der Waals surface area contributed by atoms with Gasteiger partial charge in [-0.3, -0.25) is 14.5 Å². The lowest BCUT2D eigenvalue weighted by Crippen LogP contribution is -2.29.